The number of aliphatic hydroxyl groups is 1. The molecule has 84 valence electrons. The van der Waals surface area contributed by atoms with Gasteiger partial charge in [-0.2, -0.15) is 0 Å². The number of likely N-dealkylation sites (tertiary alicyclic amines) is 1. The second kappa shape index (κ2) is 5.13. The average molecular weight is 199 g/mol. The van der Waals surface area contributed by atoms with E-state index < -0.39 is 0 Å². The molecule has 0 aromatic heterocycles. The molecule has 0 spiro atoms. The van der Waals surface area contributed by atoms with Crippen molar-refractivity contribution in [1.82, 2.24) is 4.90 Å². The van der Waals surface area contributed by atoms with Crippen LogP contribution in [0.1, 0.15) is 46.5 Å². The van der Waals surface area contributed by atoms with Gasteiger partial charge in [-0.25, -0.2) is 0 Å². The minimum Gasteiger partial charge on any atom is -0.394 e. The summed E-state index contributed by atoms with van der Waals surface area (Å²) < 4.78 is 0. The van der Waals surface area contributed by atoms with Crippen molar-refractivity contribution in [2.75, 3.05) is 19.7 Å². The highest BCUT2D eigenvalue weighted by Crippen LogP contribution is 2.32. The molecule has 1 aliphatic rings. The molecular formula is C12H25NO. The van der Waals surface area contributed by atoms with E-state index in [2.05, 4.69) is 25.7 Å². The van der Waals surface area contributed by atoms with Crippen molar-refractivity contribution in [3.63, 3.8) is 0 Å². The Hall–Kier alpha value is -0.0800. The van der Waals surface area contributed by atoms with Gasteiger partial charge in [-0.1, -0.05) is 27.2 Å². The lowest BCUT2D eigenvalue weighted by molar-refractivity contribution is -0.0536. The maximum Gasteiger partial charge on any atom is 0.0615 e. The molecule has 2 nitrogen and oxygen atoms in total. The van der Waals surface area contributed by atoms with Crippen LogP contribution in [-0.4, -0.2) is 35.2 Å². The summed E-state index contributed by atoms with van der Waals surface area (Å²) in [6.07, 6.45) is 4.78. The molecule has 1 N–H and O–H groups in total. The molecule has 0 saturated carbocycles. The first-order valence-electron chi connectivity index (χ1n) is 6.08. The Kier molecular flexibility index (Phi) is 4.39. The maximum absolute atomic E-state index is 9.49. The first-order valence-corrected chi connectivity index (χ1v) is 6.08. The summed E-state index contributed by atoms with van der Waals surface area (Å²) in [5.41, 5.74) is 0.0875. The summed E-state index contributed by atoms with van der Waals surface area (Å²) in [4.78, 5) is 2.48. The number of hydrogen-bond acceptors (Lipinski definition) is 2. The van der Waals surface area contributed by atoms with E-state index in [1.54, 1.807) is 0 Å². The molecule has 1 heterocycles. The third-order valence-corrected chi connectivity index (χ3v) is 3.94. The Balaban J connectivity index is 2.42. The summed E-state index contributed by atoms with van der Waals surface area (Å²) in [7, 11) is 0. The van der Waals surface area contributed by atoms with E-state index in [0.717, 1.165) is 18.8 Å². The fraction of sp³-hybridized carbons (Fsp3) is 1.00. The predicted molar refractivity (Wildman–Crippen MR) is 60.4 cm³/mol. The molecule has 0 bridgehead atoms. The summed E-state index contributed by atoms with van der Waals surface area (Å²) in [6, 6.07) is 0. The molecule has 2 heteroatoms. The van der Waals surface area contributed by atoms with Crippen LogP contribution in [0.5, 0.6) is 0 Å². The smallest absolute Gasteiger partial charge is 0.0615 e. The lowest BCUT2D eigenvalue weighted by atomic mass is 9.83. The number of nitrogens with zero attached hydrogens (tertiary/aromatic N) is 1. The molecule has 0 amide bonds. The molecule has 0 atom stereocenters. The maximum atomic E-state index is 9.49. The number of rotatable bonds is 6. The quantitative estimate of drug-likeness (QED) is 0.709. The molecule has 1 saturated heterocycles. The zero-order chi connectivity index (χ0) is 10.6. The van der Waals surface area contributed by atoms with Crippen LogP contribution in [0.3, 0.4) is 0 Å². The van der Waals surface area contributed by atoms with Gasteiger partial charge in [-0.05, 0) is 25.2 Å². The van der Waals surface area contributed by atoms with Crippen LogP contribution in [0.4, 0.5) is 0 Å². The van der Waals surface area contributed by atoms with Crippen LogP contribution in [0, 0.1) is 5.92 Å². The third kappa shape index (κ3) is 2.12. The van der Waals surface area contributed by atoms with Gasteiger partial charge in [0.1, 0.15) is 0 Å². The van der Waals surface area contributed by atoms with Crippen molar-refractivity contribution < 1.29 is 5.11 Å². The molecule has 14 heavy (non-hydrogen) atoms. The monoisotopic (exact) mass is 199 g/mol. The molecule has 0 aromatic carbocycles. The molecule has 1 aliphatic heterocycles. The molecule has 0 radical (unpaired) electrons. The lowest BCUT2D eigenvalue weighted by Gasteiger charge is -2.51. The second-order valence-electron chi connectivity index (χ2n) is 4.65. The van der Waals surface area contributed by atoms with Crippen LogP contribution in [0.25, 0.3) is 0 Å². The van der Waals surface area contributed by atoms with Crippen molar-refractivity contribution in [2.45, 2.75) is 52.0 Å². The highest BCUT2D eigenvalue weighted by atomic mass is 16.3. The minimum atomic E-state index is 0.0875. The van der Waals surface area contributed by atoms with E-state index in [-0.39, 0.29) is 5.54 Å². The van der Waals surface area contributed by atoms with Crippen LogP contribution >= 0.6 is 0 Å². The Morgan fingerprint density at radius 1 is 1.21 bits per heavy atom. The van der Waals surface area contributed by atoms with Crippen LogP contribution in [0.15, 0.2) is 0 Å². The Morgan fingerprint density at radius 3 is 2.14 bits per heavy atom. The predicted octanol–water partition coefficient (Wildman–Crippen LogP) is 2.27. The standard InChI is InChI=1S/C12H25NO/c1-4-7-11-8-13(9-11)12(5-2,6-3)10-14/h11,14H,4-10H2,1-3H3. The zero-order valence-electron chi connectivity index (χ0n) is 9.92. The molecule has 1 rings (SSSR count). The normalized spacial score (nSPS) is 19.7. The minimum absolute atomic E-state index is 0.0875. The average Bonchev–Trinajstić information content (AvgIpc) is 2.17. The first-order chi connectivity index (χ1) is 6.72. The van der Waals surface area contributed by atoms with E-state index in [9.17, 15) is 5.11 Å². The number of hydrogen-bond donors (Lipinski definition) is 1. The van der Waals surface area contributed by atoms with Gasteiger partial charge in [-0.15, -0.1) is 0 Å². The fourth-order valence-electron chi connectivity index (χ4n) is 2.57. The van der Waals surface area contributed by atoms with Crippen molar-refractivity contribution in [3.05, 3.63) is 0 Å². The molecule has 0 aliphatic carbocycles. The highest BCUT2D eigenvalue weighted by Gasteiger charge is 2.40. The van der Waals surface area contributed by atoms with Crippen molar-refractivity contribution >= 4 is 0 Å². The van der Waals surface area contributed by atoms with Crippen LogP contribution < -0.4 is 0 Å². The number of aliphatic hydroxyl groups excluding tert-OH is 1. The second-order valence-corrected chi connectivity index (χ2v) is 4.65. The molecule has 1 fully saturated rings. The van der Waals surface area contributed by atoms with E-state index >= 15 is 0 Å². The Labute approximate surface area is 88.3 Å². The fourth-order valence-corrected chi connectivity index (χ4v) is 2.57. The summed E-state index contributed by atoms with van der Waals surface area (Å²) in [6.45, 7) is 9.35. The van der Waals surface area contributed by atoms with Gasteiger partial charge in [0.05, 0.1) is 6.61 Å². The van der Waals surface area contributed by atoms with Crippen molar-refractivity contribution in [1.29, 1.82) is 0 Å². The van der Waals surface area contributed by atoms with Gasteiger partial charge in [-0.3, -0.25) is 4.90 Å². The van der Waals surface area contributed by atoms with Gasteiger partial charge in [0.2, 0.25) is 0 Å². The zero-order valence-corrected chi connectivity index (χ0v) is 9.92. The van der Waals surface area contributed by atoms with Crippen molar-refractivity contribution in [2.24, 2.45) is 5.92 Å². The van der Waals surface area contributed by atoms with Gasteiger partial charge in [0.25, 0.3) is 0 Å². The first kappa shape index (κ1) is 12.0. The van der Waals surface area contributed by atoms with Gasteiger partial charge >= 0.3 is 0 Å². The Morgan fingerprint density at radius 2 is 1.79 bits per heavy atom. The van der Waals surface area contributed by atoms with Crippen molar-refractivity contribution in [3.8, 4) is 0 Å². The largest absolute Gasteiger partial charge is 0.394 e. The Bertz CT molecular complexity index is 151. The van der Waals surface area contributed by atoms with Gasteiger partial charge in [0, 0.05) is 18.6 Å². The van der Waals surface area contributed by atoms with E-state index in [4.69, 9.17) is 0 Å². The van der Waals surface area contributed by atoms with Crippen LogP contribution in [0.2, 0.25) is 0 Å². The van der Waals surface area contributed by atoms with Crippen LogP contribution in [-0.2, 0) is 0 Å². The SMILES string of the molecule is CCCC1CN(C(CC)(CC)CO)C1. The lowest BCUT2D eigenvalue weighted by Crippen LogP contribution is -2.61. The summed E-state index contributed by atoms with van der Waals surface area (Å²) in [5, 5.41) is 9.49. The topological polar surface area (TPSA) is 23.5 Å². The third-order valence-electron chi connectivity index (χ3n) is 3.94. The van der Waals surface area contributed by atoms with Gasteiger partial charge < -0.3 is 5.11 Å². The molecule has 0 aromatic rings. The molecular weight excluding hydrogens is 174 g/mol. The summed E-state index contributed by atoms with van der Waals surface area (Å²) >= 11 is 0. The highest BCUT2D eigenvalue weighted by molar-refractivity contribution is 4.95. The van der Waals surface area contributed by atoms with E-state index in [1.165, 1.54) is 25.9 Å². The van der Waals surface area contributed by atoms with Gasteiger partial charge in [0.15, 0.2) is 0 Å². The van der Waals surface area contributed by atoms with E-state index in [1.807, 2.05) is 0 Å². The molecule has 0 unspecified atom stereocenters. The summed E-state index contributed by atoms with van der Waals surface area (Å²) in [5.74, 6) is 0.893. The van der Waals surface area contributed by atoms with E-state index in [0.29, 0.717) is 6.61 Å².